The van der Waals surface area contributed by atoms with Gasteiger partial charge in [0.15, 0.2) is 0 Å². The van der Waals surface area contributed by atoms with E-state index >= 15 is 0 Å². The highest BCUT2D eigenvalue weighted by atomic mass is 16.3. The van der Waals surface area contributed by atoms with E-state index in [4.69, 9.17) is 0 Å². The first-order valence-corrected chi connectivity index (χ1v) is 6.07. The van der Waals surface area contributed by atoms with Gasteiger partial charge in [0.2, 0.25) is 0 Å². The third-order valence-corrected chi connectivity index (χ3v) is 2.87. The molecule has 0 spiro atoms. The smallest absolute Gasteiger partial charge is 0.134 e. The largest absolute Gasteiger partial charge is 0.385 e. The Kier molecular flexibility index (Phi) is 4.33. The van der Waals surface area contributed by atoms with E-state index < -0.39 is 6.10 Å². The van der Waals surface area contributed by atoms with Crippen molar-refractivity contribution in [3.8, 4) is 0 Å². The Hall–Kier alpha value is -1.61. The molecular weight excluding hydrogens is 212 g/mol. The van der Waals surface area contributed by atoms with E-state index in [0.717, 1.165) is 25.7 Å². The van der Waals surface area contributed by atoms with Crippen molar-refractivity contribution in [2.24, 2.45) is 0 Å². The molecule has 2 rings (SSSR count). The summed E-state index contributed by atoms with van der Waals surface area (Å²) in [6.45, 7) is 0. The minimum absolute atomic E-state index is 0.458. The number of nitrogens with one attached hydrogen (secondary N) is 1. The van der Waals surface area contributed by atoms with Crippen LogP contribution in [-0.2, 0) is 6.42 Å². The van der Waals surface area contributed by atoms with Crippen LogP contribution in [0.1, 0.15) is 36.8 Å². The molecule has 0 amide bonds. The van der Waals surface area contributed by atoms with Gasteiger partial charge >= 0.3 is 0 Å². The van der Waals surface area contributed by atoms with Crippen LogP contribution in [0.5, 0.6) is 0 Å². The standard InChI is InChI=1S/C14H18N2O/c17-13(14-15-10-11-16-14)9-5-4-8-12-6-2-1-3-7-12/h1-3,6-7,10-11,13,17H,4-5,8-9H2,(H,15,16). The molecule has 2 N–H and O–H groups in total. The second-order valence-corrected chi connectivity index (χ2v) is 4.22. The minimum Gasteiger partial charge on any atom is -0.385 e. The molecule has 0 aliphatic rings. The van der Waals surface area contributed by atoms with Crippen LogP contribution in [-0.4, -0.2) is 15.1 Å². The van der Waals surface area contributed by atoms with Crippen molar-refractivity contribution in [3.05, 3.63) is 54.1 Å². The van der Waals surface area contributed by atoms with E-state index in [9.17, 15) is 5.11 Å². The lowest BCUT2D eigenvalue weighted by molar-refractivity contribution is 0.155. The summed E-state index contributed by atoms with van der Waals surface area (Å²) in [5.74, 6) is 0.671. The third kappa shape index (κ3) is 3.71. The van der Waals surface area contributed by atoms with Gasteiger partial charge in [0.25, 0.3) is 0 Å². The monoisotopic (exact) mass is 230 g/mol. The molecule has 0 aliphatic carbocycles. The summed E-state index contributed by atoms with van der Waals surface area (Å²) >= 11 is 0. The summed E-state index contributed by atoms with van der Waals surface area (Å²) in [7, 11) is 0. The minimum atomic E-state index is -0.458. The fourth-order valence-electron chi connectivity index (χ4n) is 1.91. The molecule has 1 heterocycles. The van der Waals surface area contributed by atoms with Gasteiger partial charge in [-0.2, -0.15) is 0 Å². The molecule has 1 aromatic heterocycles. The molecule has 2 aromatic rings. The van der Waals surface area contributed by atoms with Crippen molar-refractivity contribution in [1.82, 2.24) is 9.97 Å². The van der Waals surface area contributed by atoms with Crippen LogP contribution in [0.4, 0.5) is 0 Å². The third-order valence-electron chi connectivity index (χ3n) is 2.87. The summed E-state index contributed by atoms with van der Waals surface area (Å²) in [5, 5.41) is 9.81. The Morgan fingerprint density at radius 2 is 2.00 bits per heavy atom. The van der Waals surface area contributed by atoms with Crippen LogP contribution >= 0.6 is 0 Å². The highest BCUT2D eigenvalue weighted by Crippen LogP contribution is 2.16. The second kappa shape index (κ2) is 6.21. The van der Waals surface area contributed by atoms with Gasteiger partial charge in [-0.25, -0.2) is 4.98 Å². The van der Waals surface area contributed by atoms with Gasteiger partial charge in [-0.15, -0.1) is 0 Å². The molecule has 1 unspecified atom stereocenters. The maximum absolute atomic E-state index is 9.81. The molecule has 0 radical (unpaired) electrons. The van der Waals surface area contributed by atoms with Crippen LogP contribution in [0.25, 0.3) is 0 Å². The SMILES string of the molecule is OC(CCCCc1ccccc1)c1ncc[nH]1. The zero-order valence-corrected chi connectivity index (χ0v) is 9.84. The topological polar surface area (TPSA) is 48.9 Å². The quantitative estimate of drug-likeness (QED) is 0.750. The number of imidazole rings is 1. The Bertz CT molecular complexity index is 411. The van der Waals surface area contributed by atoms with Gasteiger partial charge in [-0.3, -0.25) is 0 Å². The van der Waals surface area contributed by atoms with E-state index in [1.165, 1.54) is 5.56 Å². The number of aliphatic hydroxyl groups excluding tert-OH is 1. The number of hydrogen-bond acceptors (Lipinski definition) is 2. The molecule has 90 valence electrons. The van der Waals surface area contributed by atoms with Crippen molar-refractivity contribution in [1.29, 1.82) is 0 Å². The molecule has 3 heteroatoms. The zero-order valence-electron chi connectivity index (χ0n) is 9.84. The molecule has 0 fully saturated rings. The van der Waals surface area contributed by atoms with Crippen molar-refractivity contribution >= 4 is 0 Å². The fourth-order valence-corrected chi connectivity index (χ4v) is 1.91. The van der Waals surface area contributed by atoms with Gasteiger partial charge in [-0.05, 0) is 24.8 Å². The molecule has 0 saturated heterocycles. The number of aromatic nitrogens is 2. The number of benzene rings is 1. The molecule has 3 nitrogen and oxygen atoms in total. The summed E-state index contributed by atoms with van der Waals surface area (Å²) in [5.41, 5.74) is 1.36. The summed E-state index contributed by atoms with van der Waals surface area (Å²) in [4.78, 5) is 6.98. The van der Waals surface area contributed by atoms with Crippen molar-refractivity contribution in [2.75, 3.05) is 0 Å². The fraction of sp³-hybridized carbons (Fsp3) is 0.357. The first-order valence-electron chi connectivity index (χ1n) is 6.07. The number of rotatable bonds is 6. The normalized spacial score (nSPS) is 12.5. The maximum Gasteiger partial charge on any atom is 0.134 e. The summed E-state index contributed by atoms with van der Waals surface area (Å²) in [6.07, 6.45) is 6.90. The average Bonchev–Trinajstić information content (AvgIpc) is 2.89. The van der Waals surface area contributed by atoms with Crippen molar-refractivity contribution < 1.29 is 5.11 Å². The van der Waals surface area contributed by atoms with Crippen LogP contribution in [0.2, 0.25) is 0 Å². The van der Waals surface area contributed by atoms with Crippen LogP contribution in [0.3, 0.4) is 0 Å². The van der Waals surface area contributed by atoms with E-state index in [2.05, 4.69) is 34.2 Å². The Balaban J connectivity index is 1.67. The van der Waals surface area contributed by atoms with Gasteiger partial charge in [-0.1, -0.05) is 36.8 Å². The van der Waals surface area contributed by atoms with E-state index in [-0.39, 0.29) is 0 Å². The maximum atomic E-state index is 9.81. The second-order valence-electron chi connectivity index (χ2n) is 4.22. The average molecular weight is 230 g/mol. The highest BCUT2D eigenvalue weighted by molar-refractivity contribution is 5.14. The number of hydrogen-bond donors (Lipinski definition) is 2. The van der Waals surface area contributed by atoms with Crippen LogP contribution < -0.4 is 0 Å². The van der Waals surface area contributed by atoms with Crippen LogP contribution in [0.15, 0.2) is 42.7 Å². The summed E-state index contributed by atoms with van der Waals surface area (Å²) in [6, 6.07) is 10.4. The first kappa shape index (κ1) is 11.9. The molecular formula is C14H18N2O. The van der Waals surface area contributed by atoms with Gasteiger partial charge in [0.1, 0.15) is 11.9 Å². The lowest BCUT2D eigenvalue weighted by Crippen LogP contribution is -2.00. The van der Waals surface area contributed by atoms with E-state index in [1.807, 2.05) is 6.07 Å². The van der Waals surface area contributed by atoms with Gasteiger partial charge in [0.05, 0.1) is 0 Å². The molecule has 17 heavy (non-hydrogen) atoms. The molecule has 0 saturated carbocycles. The summed E-state index contributed by atoms with van der Waals surface area (Å²) < 4.78 is 0. The Morgan fingerprint density at radius 1 is 1.18 bits per heavy atom. The zero-order chi connectivity index (χ0) is 11.9. The lowest BCUT2D eigenvalue weighted by Gasteiger charge is -2.07. The predicted molar refractivity (Wildman–Crippen MR) is 67.5 cm³/mol. The number of nitrogens with zero attached hydrogens (tertiary/aromatic N) is 1. The van der Waals surface area contributed by atoms with Crippen molar-refractivity contribution in [2.45, 2.75) is 31.8 Å². The van der Waals surface area contributed by atoms with Crippen molar-refractivity contribution in [3.63, 3.8) is 0 Å². The van der Waals surface area contributed by atoms with Crippen LogP contribution in [0, 0.1) is 0 Å². The van der Waals surface area contributed by atoms with Gasteiger partial charge < -0.3 is 10.1 Å². The Morgan fingerprint density at radius 3 is 2.71 bits per heavy atom. The molecule has 1 atom stereocenters. The van der Waals surface area contributed by atoms with E-state index in [0.29, 0.717) is 5.82 Å². The van der Waals surface area contributed by atoms with Gasteiger partial charge in [0, 0.05) is 12.4 Å². The number of aromatic amines is 1. The first-order chi connectivity index (χ1) is 8.36. The number of aryl methyl sites for hydroxylation is 1. The number of H-pyrrole nitrogens is 1. The number of aliphatic hydroxyl groups is 1. The Labute approximate surface area is 102 Å². The molecule has 0 aliphatic heterocycles. The molecule has 1 aromatic carbocycles. The predicted octanol–water partition coefficient (Wildman–Crippen LogP) is 2.86. The highest BCUT2D eigenvalue weighted by Gasteiger charge is 2.08. The van der Waals surface area contributed by atoms with E-state index in [1.54, 1.807) is 12.4 Å². The lowest BCUT2D eigenvalue weighted by atomic mass is 10.1. The molecule has 0 bridgehead atoms. The number of unbranched alkanes of at least 4 members (excludes halogenated alkanes) is 1.